The maximum absolute atomic E-state index is 6.25. The predicted octanol–water partition coefficient (Wildman–Crippen LogP) is 23.5. The fourth-order valence-corrected chi connectivity index (χ4v) is 16.5. The molecule has 19 rings (SSSR count). The van der Waals surface area contributed by atoms with Crippen molar-refractivity contribution in [1.29, 1.82) is 0 Å². The van der Waals surface area contributed by atoms with Crippen LogP contribution in [0.1, 0.15) is 0 Å². The van der Waals surface area contributed by atoms with Gasteiger partial charge in [0, 0.05) is 74.6 Å². The van der Waals surface area contributed by atoms with Gasteiger partial charge in [-0.2, -0.15) is 0 Å². The van der Waals surface area contributed by atoms with Gasteiger partial charge < -0.3 is 13.6 Å². The number of nitrogens with zero attached hydrogens (tertiary/aromatic N) is 2. The Hall–Kier alpha value is -10.6. The van der Waals surface area contributed by atoms with Gasteiger partial charge in [0.1, 0.15) is 11.2 Å². The summed E-state index contributed by atoms with van der Waals surface area (Å²) >= 11 is 3.81. The second-order valence-electron chi connectivity index (χ2n) is 22.2. The van der Waals surface area contributed by atoms with Crippen molar-refractivity contribution in [2.24, 2.45) is 0 Å². The van der Waals surface area contributed by atoms with Crippen LogP contribution >= 0.6 is 22.7 Å². The number of benzene rings is 14. The van der Waals surface area contributed by atoms with Gasteiger partial charge in [-0.25, -0.2) is 0 Å². The third-order valence-corrected chi connectivity index (χ3v) is 19.9. The normalized spacial score (nSPS) is 12.0. The number of hydrogen-bond acceptors (Lipinski definition) is 3. The first-order chi connectivity index (χ1) is 42.2. The van der Waals surface area contributed by atoms with Crippen molar-refractivity contribution in [3.8, 4) is 44.8 Å². The van der Waals surface area contributed by atoms with E-state index in [1.54, 1.807) is 0 Å². The lowest BCUT2D eigenvalue weighted by Gasteiger charge is -2.12. The smallest absolute Gasteiger partial charge is 0.136 e. The molecule has 0 fully saturated rings. The van der Waals surface area contributed by atoms with Crippen LogP contribution in [0.4, 0.5) is 0 Å². The third-order valence-electron chi connectivity index (χ3n) is 17.5. The summed E-state index contributed by atoms with van der Waals surface area (Å²) in [5, 5.41) is 18.1. The average Bonchev–Trinajstić information content (AvgIpc) is 1.88. The minimum Gasteiger partial charge on any atom is -0.456 e. The zero-order valence-electron chi connectivity index (χ0n) is 45.8. The molecular weight excluding hydrogens is 1070 g/mol. The van der Waals surface area contributed by atoms with E-state index in [0.717, 1.165) is 27.6 Å². The van der Waals surface area contributed by atoms with Gasteiger partial charge in [-0.05, 0) is 122 Å². The third kappa shape index (κ3) is 7.31. The molecule has 0 spiro atoms. The Labute approximate surface area is 496 Å². The van der Waals surface area contributed by atoms with Gasteiger partial charge in [0.25, 0.3) is 0 Å². The van der Waals surface area contributed by atoms with Crippen molar-refractivity contribution in [2.45, 2.75) is 0 Å². The fraction of sp³-hybridized carbons (Fsp3) is 0. The van der Waals surface area contributed by atoms with Crippen molar-refractivity contribution in [2.75, 3.05) is 0 Å². The maximum atomic E-state index is 6.25. The number of thiophene rings is 2. The lowest BCUT2D eigenvalue weighted by molar-refractivity contribution is 0.669. The quantitative estimate of drug-likeness (QED) is 0.168. The predicted molar refractivity (Wildman–Crippen MR) is 366 cm³/mol. The Balaban J connectivity index is 0.000000129. The van der Waals surface area contributed by atoms with Crippen LogP contribution < -0.4 is 0 Å². The van der Waals surface area contributed by atoms with E-state index in [1.807, 2.05) is 34.8 Å². The molecular formula is C80H48N2OS2. The second kappa shape index (κ2) is 19.0. The van der Waals surface area contributed by atoms with E-state index in [-0.39, 0.29) is 0 Å². The highest BCUT2D eigenvalue weighted by atomic mass is 32.1. The average molecular weight is 1120 g/mol. The first kappa shape index (κ1) is 48.0. The lowest BCUT2D eigenvalue weighted by Crippen LogP contribution is -1.95. The Kier molecular flexibility index (Phi) is 10.7. The summed E-state index contributed by atoms with van der Waals surface area (Å²) in [6.45, 7) is 0. The van der Waals surface area contributed by atoms with Crippen LogP contribution in [0.25, 0.3) is 172 Å². The van der Waals surface area contributed by atoms with Gasteiger partial charge >= 0.3 is 0 Å². The minimum atomic E-state index is 0.916. The van der Waals surface area contributed by atoms with E-state index in [2.05, 4.69) is 288 Å². The molecule has 0 N–H and O–H groups in total. The van der Waals surface area contributed by atoms with Crippen molar-refractivity contribution in [3.05, 3.63) is 291 Å². The number of furan rings is 1. The first-order valence-corrected chi connectivity index (χ1v) is 30.6. The summed E-state index contributed by atoms with van der Waals surface area (Å²) < 4.78 is 16.6. The molecule has 85 heavy (non-hydrogen) atoms. The van der Waals surface area contributed by atoms with Gasteiger partial charge in [-0.1, -0.05) is 224 Å². The summed E-state index contributed by atoms with van der Waals surface area (Å²) in [7, 11) is 0. The summed E-state index contributed by atoms with van der Waals surface area (Å²) in [4.78, 5) is 0. The molecule has 0 bridgehead atoms. The number of hydrogen-bond donors (Lipinski definition) is 0. The van der Waals surface area contributed by atoms with Crippen molar-refractivity contribution < 1.29 is 4.42 Å². The van der Waals surface area contributed by atoms with Crippen LogP contribution in [0.5, 0.6) is 0 Å². The van der Waals surface area contributed by atoms with Gasteiger partial charge in [0.2, 0.25) is 0 Å². The summed E-state index contributed by atoms with van der Waals surface area (Å²) in [6.07, 6.45) is 0. The molecule has 0 amide bonds. The van der Waals surface area contributed by atoms with Gasteiger partial charge in [-0.3, -0.25) is 0 Å². The number of fused-ring (bicyclic) bond motifs is 23. The molecule has 19 aromatic rings. The summed E-state index contributed by atoms with van der Waals surface area (Å²) in [5.74, 6) is 0. The van der Waals surface area contributed by atoms with E-state index in [4.69, 9.17) is 4.42 Å². The van der Waals surface area contributed by atoms with E-state index in [1.165, 1.54) is 145 Å². The monoisotopic (exact) mass is 1120 g/mol. The van der Waals surface area contributed by atoms with Crippen LogP contribution in [0.2, 0.25) is 0 Å². The molecule has 5 heterocycles. The molecule has 0 saturated heterocycles. The zero-order chi connectivity index (χ0) is 55.7. The minimum absolute atomic E-state index is 0.916. The standard InChI is InChI=1S/C40H23NOS.C40H25NS/c1-2-14-28-27(13-1)37-29-15-3-6-19-32(29)41(39(37)40-38(28)31-17-5-8-22-35(31)43-40)25-12-9-11-24(23-25)26-18-10-21-34-36(26)30-16-4-7-20-33(30)42-34;1-2-12-26(13-3-1)27-14-10-15-28(24-27)29-16-11-17-30(25-29)41-35-22-8-6-20-33(35)37-31-18-4-5-19-32(31)38-34-21-7-9-23-36(34)42-40(38)39(37)41/h1-23H;1-25H. The van der Waals surface area contributed by atoms with Crippen LogP contribution in [0, 0.1) is 0 Å². The molecule has 396 valence electrons. The topological polar surface area (TPSA) is 23.0 Å². The number of aromatic nitrogens is 2. The fourth-order valence-electron chi connectivity index (χ4n) is 14.0. The molecule has 0 aliphatic carbocycles. The highest BCUT2D eigenvalue weighted by molar-refractivity contribution is 7.27. The van der Waals surface area contributed by atoms with Gasteiger partial charge in [0.05, 0.1) is 31.5 Å². The summed E-state index contributed by atoms with van der Waals surface area (Å²) in [5.41, 5.74) is 16.4. The highest BCUT2D eigenvalue weighted by Gasteiger charge is 2.24. The maximum Gasteiger partial charge on any atom is 0.136 e. The number of para-hydroxylation sites is 3. The largest absolute Gasteiger partial charge is 0.456 e. The molecule has 0 saturated carbocycles. The van der Waals surface area contributed by atoms with Crippen LogP contribution in [0.3, 0.4) is 0 Å². The van der Waals surface area contributed by atoms with Gasteiger partial charge in [0.15, 0.2) is 0 Å². The molecule has 5 heteroatoms. The van der Waals surface area contributed by atoms with Crippen molar-refractivity contribution >= 4 is 150 Å². The molecule has 0 radical (unpaired) electrons. The van der Waals surface area contributed by atoms with Crippen LogP contribution in [-0.4, -0.2) is 9.13 Å². The van der Waals surface area contributed by atoms with Crippen LogP contribution in [0.15, 0.2) is 296 Å². The molecule has 0 aliphatic heterocycles. The van der Waals surface area contributed by atoms with E-state index in [9.17, 15) is 0 Å². The van der Waals surface area contributed by atoms with Crippen molar-refractivity contribution in [1.82, 2.24) is 9.13 Å². The zero-order valence-corrected chi connectivity index (χ0v) is 47.5. The Bertz CT molecular complexity index is 5930. The molecule has 0 atom stereocenters. The molecule has 5 aromatic heterocycles. The lowest BCUT2D eigenvalue weighted by atomic mass is 9.98. The van der Waals surface area contributed by atoms with Gasteiger partial charge in [-0.15, -0.1) is 22.7 Å². The van der Waals surface area contributed by atoms with E-state index < -0.39 is 0 Å². The Morgan fingerprint density at radius 2 is 0.635 bits per heavy atom. The molecule has 0 aliphatic rings. The molecule has 14 aromatic carbocycles. The second-order valence-corrected chi connectivity index (χ2v) is 24.3. The van der Waals surface area contributed by atoms with E-state index >= 15 is 0 Å². The Morgan fingerprint density at radius 3 is 1.21 bits per heavy atom. The SMILES string of the molecule is c1cc(-c2cccc3oc4ccccc4c23)cc(-n2c3ccccc3c3c4ccccc4c4c5ccccc5sc4c32)c1.c1ccc(-c2cccc(-c3cccc(-n4c5ccccc5c5c6ccccc6c6c7ccccc7sc6c54)c3)c2)cc1. The van der Waals surface area contributed by atoms with Crippen LogP contribution in [-0.2, 0) is 0 Å². The Morgan fingerprint density at radius 1 is 0.247 bits per heavy atom. The van der Waals surface area contributed by atoms with E-state index in [0.29, 0.717) is 0 Å². The molecule has 0 unspecified atom stereocenters. The summed E-state index contributed by atoms with van der Waals surface area (Å²) in [6, 6.07) is 106. The number of rotatable bonds is 5. The molecule has 3 nitrogen and oxygen atoms in total. The van der Waals surface area contributed by atoms with Crippen molar-refractivity contribution in [3.63, 3.8) is 0 Å². The highest BCUT2D eigenvalue weighted by Crippen LogP contribution is 2.50. The first-order valence-electron chi connectivity index (χ1n) is 29.0.